The molecule has 4 rings (SSSR count). The van der Waals surface area contributed by atoms with Gasteiger partial charge in [-0.05, 0) is 107 Å². The Kier molecular flexibility index (Phi) is 6.90. The molecular formula is C29H37F2NO2. The van der Waals surface area contributed by atoms with E-state index < -0.39 is 0 Å². The zero-order valence-electron chi connectivity index (χ0n) is 21.0. The monoisotopic (exact) mass is 469 g/mol. The molecule has 2 aromatic carbocycles. The zero-order chi connectivity index (χ0) is 24.7. The summed E-state index contributed by atoms with van der Waals surface area (Å²) in [5.41, 5.74) is 2.58. The lowest BCUT2D eigenvalue weighted by Crippen LogP contribution is -2.58. The average Bonchev–Trinajstić information content (AvgIpc) is 2.77. The van der Waals surface area contributed by atoms with Crippen molar-refractivity contribution < 1.29 is 18.7 Å². The summed E-state index contributed by atoms with van der Waals surface area (Å²) in [5.74, 6) is 0.396. The van der Waals surface area contributed by atoms with E-state index in [0.29, 0.717) is 29.9 Å². The number of hydroxylamine groups is 2. The maximum atomic E-state index is 15.3. The SMILES string of the molecule is CCOc1ccc(C2CC=C(c3ccc(C4CC(C)(C)N(O)C(C)(C)C4)cc3F)CC2)c(F)c1. The van der Waals surface area contributed by atoms with Crippen molar-refractivity contribution in [2.75, 3.05) is 6.61 Å². The van der Waals surface area contributed by atoms with E-state index in [2.05, 4.69) is 6.08 Å². The first-order chi connectivity index (χ1) is 16.0. The highest BCUT2D eigenvalue weighted by molar-refractivity contribution is 5.67. The molecule has 1 fully saturated rings. The highest BCUT2D eigenvalue weighted by Gasteiger charge is 2.45. The zero-order valence-corrected chi connectivity index (χ0v) is 21.0. The van der Waals surface area contributed by atoms with Crippen molar-refractivity contribution in [2.45, 2.75) is 89.6 Å². The number of hydrogen-bond donors (Lipinski definition) is 1. The Labute approximate surface area is 202 Å². The molecule has 0 aromatic heterocycles. The van der Waals surface area contributed by atoms with Gasteiger partial charge in [0.15, 0.2) is 0 Å². The molecule has 1 N–H and O–H groups in total. The summed E-state index contributed by atoms with van der Waals surface area (Å²) in [6, 6.07) is 10.7. The summed E-state index contributed by atoms with van der Waals surface area (Å²) in [6.07, 6.45) is 5.80. The lowest BCUT2D eigenvalue weighted by molar-refractivity contribution is -0.245. The van der Waals surface area contributed by atoms with Crippen LogP contribution in [0.15, 0.2) is 42.5 Å². The molecule has 2 aromatic rings. The highest BCUT2D eigenvalue weighted by atomic mass is 19.1. The first-order valence-electron chi connectivity index (χ1n) is 12.4. The van der Waals surface area contributed by atoms with Crippen LogP contribution in [0, 0.1) is 11.6 Å². The van der Waals surface area contributed by atoms with Gasteiger partial charge in [0.1, 0.15) is 17.4 Å². The fourth-order valence-electron chi connectivity index (χ4n) is 6.01. The maximum Gasteiger partial charge on any atom is 0.130 e. The number of benzene rings is 2. The highest BCUT2D eigenvalue weighted by Crippen LogP contribution is 2.45. The molecule has 1 unspecified atom stereocenters. The van der Waals surface area contributed by atoms with Crippen molar-refractivity contribution in [3.8, 4) is 5.75 Å². The third-order valence-corrected chi connectivity index (χ3v) is 7.58. The van der Waals surface area contributed by atoms with Crippen LogP contribution in [-0.2, 0) is 0 Å². The third kappa shape index (κ3) is 4.92. The Morgan fingerprint density at radius 3 is 2.24 bits per heavy atom. The maximum absolute atomic E-state index is 15.3. The van der Waals surface area contributed by atoms with E-state index >= 15 is 4.39 Å². The Hall–Kier alpha value is -2.24. The molecule has 1 heterocycles. The van der Waals surface area contributed by atoms with Gasteiger partial charge in [-0.1, -0.05) is 24.3 Å². The van der Waals surface area contributed by atoms with Crippen LogP contribution in [0.4, 0.5) is 8.78 Å². The van der Waals surface area contributed by atoms with Gasteiger partial charge >= 0.3 is 0 Å². The van der Waals surface area contributed by atoms with Gasteiger partial charge in [-0.3, -0.25) is 0 Å². The van der Waals surface area contributed by atoms with E-state index in [-0.39, 0.29) is 34.5 Å². The summed E-state index contributed by atoms with van der Waals surface area (Å²) < 4.78 is 35.3. The molecule has 3 nitrogen and oxygen atoms in total. The van der Waals surface area contributed by atoms with E-state index in [1.807, 2.05) is 58.9 Å². The number of ether oxygens (including phenoxy) is 1. The Bertz CT molecular complexity index is 1060. The molecule has 0 saturated carbocycles. The summed E-state index contributed by atoms with van der Waals surface area (Å²) >= 11 is 0. The van der Waals surface area contributed by atoms with Gasteiger partial charge in [-0.15, -0.1) is 0 Å². The lowest BCUT2D eigenvalue weighted by atomic mass is 9.72. The summed E-state index contributed by atoms with van der Waals surface area (Å²) in [6.45, 7) is 10.5. The molecule has 34 heavy (non-hydrogen) atoms. The van der Waals surface area contributed by atoms with Crippen molar-refractivity contribution >= 4 is 5.57 Å². The predicted molar refractivity (Wildman–Crippen MR) is 132 cm³/mol. The molecule has 0 radical (unpaired) electrons. The normalized spacial score (nSPS) is 22.9. The minimum absolute atomic E-state index is 0.0925. The summed E-state index contributed by atoms with van der Waals surface area (Å²) in [7, 11) is 0. The van der Waals surface area contributed by atoms with Crippen LogP contribution in [0.1, 0.15) is 95.2 Å². The van der Waals surface area contributed by atoms with E-state index in [0.717, 1.165) is 36.8 Å². The Morgan fingerprint density at radius 1 is 0.971 bits per heavy atom. The van der Waals surface area contributed by atoms with Crippen molar-refractivity contribution in [1.82, 2.24) is 5.06 Å². The van der Waals surface area contributed by atoms with Crippen LogP contribution in [0.25, 0.3) is 5.57 Å². The molecule has 1 aliphatic carbocycles. The van der Waals surface area contributed by atoms with Gasteiger partial charge in [0.05, 0.1) is 6.61 Å². The van der Waals surface area contributed by atoms with Gasteiger partial charge < -0.3 is 9.94 Å². The Balaban J connectivity index is 1.50. The molecule has 1 aliphatic heterocycles. The number of nitrogens with zero attached hydrogens (tertiary/aromatic N) is 1. The second-order valence-corrected chi connectivity index (χ2v) is 11.1. The van der Waals surface area contributed by atoms with Gasteiger partial charge in [-0.25, -0.2) is 8.78 Å². The minimum Gasteiger partial charge on any atom is -0.494 e. The first kappa shape index (κ1) is 24.9. The molecule has 1 atom stereocenters. The van der Waals surface area contributed by atoms with Crippen LogP contribution in [0.5, 0.6) is 5.75 Å². The van der Waals surface area contributed by atoms with Crippen LogP contribution < -0.4 is 4.74 Å². The van der Waals surface area contributed by atoms with Crippen LogP contribution in [0.3, 0.4) is 0 Å². The van der Waals surface area contributed by atoms with Crippen molar-refractivity contribution in [1.29, 1.82) is 0 Å². The predicted octanol–water partition coefficient (Wildman–Crippen LogP) is 7.84. The van der Waals surface area contributed by atoms with Crippen LogP contribution in [-0.4, -0.2) is 28.0 Å². The van der Waals surface area contributed by atoms with Gasteiger partial charge in [-0.2, -0.15) is 5.06 Å². The summed E-state index contributed by atoms with van der Waals surface area (Å²) in [5, 5.41) is 12.0. The van der Waals surface area contributed by atoms with E-state index in [4.69, 9.17) is 4.74 Å². The minimum atomic E-state index is -0.376. The smallest absolute Gasteiger partial charge is 0.130 e. The third-order valence-electron chi connectivity index (χ3n) is 7.58. The Morgan fingerprint density at radius 2 is 1.68 bits per heavy atom. The van der Waals surface area contributed by atoms with E-state index in [1.54, 1.807) is 6.07 Å². The quantitative estimate of drug-likeness (QED) is 0.484. The molecule has 0 spiro atoms. The van der Waals surface area contributed by atoms with Gasteiger partial charge in [0.2, 0.25) is 0 Å². The first-order valence-corrected chi connectivity index (χ1v) is 12.4. The van der Waals surface area contributed by atoms with Crippen LogP contribution in [0.2, 0.25) is 0 Å². The van der Waals surface area contributed by atoms with E-state index in [9.17, 15) is 9.60 Å². The average molecular weight is 470 g/mol. The topological polar surface area (TPSA) is 32.7 Å². The second kappa shape index (κ2) is 9.43. The largest absolute Gasteiger partial charge is 0.494 e. The number of rotatable bonds is 5. The molecule has 1 saturated heterocycles. The number of allylic oxidation sites excluding steroid dienone is 2. The van der Waals surface area contributed by atoms with Crippen LogP contribution >= 0.6 is 0 Å². The second-order valence-electron chi connectivity index (χ2n) is 11.1. The van der Waals surface area contributed by atoms with E-state index in [1.165, 1.54) is 11.1 Å². The standard InChI is InChI=1S/C29H37F2NO2/c1-6-34-23-12-14-25(27(31)16-23)20-9-7-19(8-10-20)24-13-11-21(15-26(24)30)22-17-28(2,3)32(33)29(4,5)18-22/h7,11-16,20,22,33H,6,8-10,17-18H2,1-5H3. The molecule has 5 heteroatoms. The van der Waals surface area contributed by atoms with Crippen molar-refractivity contribution in [3.63, 3.8) is 0 Å². The van der Waals surface area contributed by atoms with Crippen molar-refractivity contribution in [3.05, 3.63) is 70.8 Å². The molecule has 184 valence electrons. The number of piperidine rings is 1. The number of hydrogen-bond acceptors (Lipinski definition) is 3. The van der Waals surface area contributed by atoms with Crippen molar-refractivity contribution in [2.24, 2.45) is 0 Å². The lowest BCUT2D eigenvalue weighted by Gasteiger charge is -2.51. The fraction of sp³-hybridized carbons (Fsp3) is 0.517. The summed E-state index contributed by atoms with van der Waals surface area (Å²) in [4.78, 5) is 0. The molecule has 0 amide bonds. The molecular weight excluding hydrogens is 432 g/mol. The van der Waals surface area contributed by atoms with Gasteiger partial charge in [0.25, 0.3) is 0 Å². The number of halogens is 2. The van der Waals surface area contributed by atoms with Gasteiger partial charge in [0, 0.05) is 22.7 Å². The molecule has 2 aliphatic rings. The fourth-order valence-corrected chi connectivity index (χ4v) is 6.01. The molecule has 0 bridgehead atoms.